The molecule has 0 radical (unpaired) electrons. The molecule has 0 heterocycles. The van der Waals surface area contributed by atoms with Crippen molar-refractivity contribution in [2.75, 3.05) is 0 Å². The van der Waals surface area contributed by atoms with E-state index < -0.39 is 0 Å². The summed E-state index contributed by atoms with van der Waals surface area (Å²) in [6.07, 6.45) is 1.35. The van der Waals surface area contributed by atoms with Gasteiger partial charge >= 0.3 is 5.97 Å². The molecule has 0 aromatic heterocycles. The van der Waals surface area contributed by atoms with Crippen LogP contribution in [0.3, 0.4) is 0 Å². The summed E-state index contributed by atoms with van der Waals surface area (Å²) >= 11 is 0. The molecule has 2 bridgehead atoms. The highest BCUT2D eigenvalue weighted by molar-refractivity contribution is 5.91. The number of esters is 1. The van der Waals surface area contributed by atoms with Crippen LogP contribution in [-0.2, 0) is 14.3 Å². The number of ether oxygens (including phenoxy) is 1. The molecule has 0 saturated heterocycles. The van der Waals surface area contributed by atoms with Gasteiger partial charge in [-0.15, -0.1) is 0 Å². The Hall–Kier alpha value is -0.860. The van der Waals surface area contributed by atoms with Gasteiger partial charge in [0.25, 0.3) is 0 Å². The molecule has 9 atom stereocenters. The Morgan fingerprint density at radius 1 is 1.12 bits per heavy atom. The first-order chi connectivity index (χ1) is 7.70. The second kappa shape index (κ2) is 2.09. The molecule has 0 N–H and O–H groups in total. The maximum atomic E-state index is 12.2. The third-order valence-electron chi connectivity index (χ3n) is 6.34. The van der Waals surface area contributed by atoms with Gasteiger partial charge in [-0.25, -0.2) is 0 Å². The average molecular weight is 218 g/mol. The van der Waals surface area contributed by atoms with Crippen molar-refractivity contribution in [2.45, 2.75) is 19.4 Å². The fourth-order valence-electron chi connectivity index (χ4n) is 6.43. The van der Waals surface area contributed by atoms with Crippen LogP contribution in [0.5, 0.6) is 0 Å². The van der Waals surface area contributed by atoms with Crippen LogP contribution < -0.4 is 0 Å². The number of carbonyl (C=O) groups is 2. The number of Topliss-reactive ketones (excluding diaryl/α,β-unsaturated/α-hetero) is 1. The smallest absolute Gasteiger partial charge is 0.302 e. The van der Waals surface area contributed by atoms with Gasteiger partial charge in [0.1, 0.15) is 11.9 Å². The number of ketones is 1. The van der Waals surface area contributed by atoms with Gasteiger partial charge in [-0.1, -0.05) is 0 Å². The van der Waals surface area contributed by atoms with Gasteiger partial charge in [0.15, 0.2) is 0 Å². The van der Waals surface area contributed by atoms with Crippen molar-refractivity contribution in [3.05, 3.63) is 0 Å². The zero-order chi connectivity index (χ0) is 10.8. The quantitative estimate of drug-likeness (QED) is 0.613. The molecule has 16 heavy (non-hydrogen) atoms. The Morgan fingerprint density at radius 3 is 2.69 bits per heavy atom. The first kappa shape index (κ1) is 8.26. The average Bonchev–Trinajstić information content (AvgIpc) is 2.66. The van der Waals surface area contributed by atoms with E-state index in [1.54, 1.807) is 0 Å². The Labute approximate surface area is 93.5 Å². The van der Waals surface area contributed by atoms with Crippen molar-refractivity contribution < 1.29 is 14.3 Å². The van der Waals surface area contributed by atoms with E-state index in [1.807, 2.05) is 0 Å². The Bertz CT molecular complexity index is 442. The van der Waals surface area contributed by atoms with Crippen LogP contribution in [0.25, 0.3) is 0 Å². The molecule has 5 saturated carbocycles. The standard InChI is InChI=1S/C13H14O3/c1-3(14)16-13-9-5-2-4-6-7(5)11(13)10(6)12(15)8(4)9/h4-11,13H,2H2,1H3/t4-,5+,6+,7+,8+,9-,10-,11-,13-/m1/s1. The molecule has 5 fully saturated rings. The lowest BCUT2D eigenvalue weighted by molar-refractivity contribution is -0.164. The zero-order valence-electron chi connectivity index (χ0n) is 9.13. The Kier molecular flexibility index (Phi) is 1.08. The monoisotopic (exact) mass is 218 g/mol. The number of hydrogen-bond acceptors (Lipinski definition) is 3. The third-order valence-corrected chi connectivity index (χ3v) is 6.34. The molecule has 0 aromatic rings. The molecule has 5 aliphatic rings. The predicted molar refractivity (Wildman–Crippen MR) is 53.1 cm³/mol. The van der Waals surface area contributed by atoms with Gasteiger partial charge in [-0.05, 0) is 30.1 Å². The van der Waals surface area contributed by atoms with E-state index >= 15 is 0 Å². The number of hydrogen-bond donors (Lipinski definition) is 0. The highest BCUT2D eigenvalue weighted by atomic mass is 16.5. The lowest BCUT2D eigenvalue weighted by Gasteiger charge is -2.45. The Balaban J connectivity index is 1.65. The minimum atomic E-state index is -0.162. The first-order valence-electron chi connectivity index (χ1n) is 6.41. The molecule has 0 spiro atoms. The Morgan fingerprint density at radius 2 is 1.94 bits per heavy atom. The lowest BCUT2D eigenvalue weighted by atomic mass is 9.59. The third kappa shape index (κ3) is 0.554. The van der Waals surface area contributed by atoms with E-state index in [1.165, 1.54) is 13.3 Å². The maximum Gasteiger partial charge on any atom is 0.302 e. The van der Waals surface area contributed by atoms with Crippen LogP contribution in [0.1, 0.15) is 13.3 Å². The van der Waals surface area contributed by atoms with Crippen molar-refractivity contribution in [3.8, 4) is 0 Å². The van der Waals surface area contributed by atoms with E-state index in [0.29, 0.717) is 29.5 Å². The molecule has 3 nitrogen and oxygen atoms in total. The van der Waals surface area contributed by atoms with Crippen LogP contribution in [0, 0.1) is 47.3 Å². The predicted octanol–water partition coefficient (Wildman–Crippen LogP) is 0.875. The summed E-state index contributed by atoms with van der Waals surface area (Å²) in [5, 5.41) is 0. The van der Waals surface area contributed by atoms with E-state index in [2.05, 4.69) is 0 Å². The van der Waals surface area contributed by atoms with Crippen LogP contribution in [0.15, 0.2) is 0 Å². The van der Waals surface area contributed by atoms with Crippen molar-refractivity contribution in [2.24, 2.45) is 47.3 Å². The van der Waals surface area contributed by atoms with E-state index in [0.717, 1.165) is 11.8 Å². The molecule has 0 aliphatic heterocycles. The fourth-order valence-corrected chi connectivity index (χ4v) is 6.43. The van der Waals surface area contributed by atoms with Crippen molar-refractivity contribution in [1.29, 1.82) is 0 Å². The summed E-state index contributed by atoms with van der Waals surface area (Å²) in [5.41, 5.74) is 0. The number of rotatable bonds is 1. The second-order valence-electron chi connectivity index (χ2n) is 6.40. The van der Waals surface area contributed by atoms with Crippen molar-refractivity contribution >= 4 is 11.8 Å². The van der Waals surface area contributed by atoms with Gasteiger partial charge in [0.05, 0.1) is 0 Å². The summed E-state index contributed by atoms with van der Waals surface area (Å²) in [6.45, 7) is 1.50. The number of carbonyl (C=O) groups excluding carboxylic acids is 2. The highest BCUT2D eigenvalue weighted by Crippen LogP contribution is 2.82. The lowest BCUT2D eigenvalue weighted by Crippen LogP contribution is -2.51. The summed E-state index contributed by atoms with van der Waals surface area (Å²) in [6, 6.07) is 0. The summed E-state index contributed by atoms with van der Waals surface area (Å²) in [7, 11) is 0. The molecule has 3 heteroatoms. The molecular formula is C13H14O3. The highest BCUT2D eigenvalue weighted by Gasteiger charge is 2.84. The van der Waals surface area contributed by atoms with Gasteiger partial charge in [-0.2, -0.15) is 0 Å². The normalized spacial score (nSPS) is 66.6. The molecule has 84 valence electrons. The van der Waals surface area contributed by atoms with Gasteiger partial charge in [0, 0.05) is 30.6 Å². The van der Waals surface area contributed by atoms with E-state index in [9.17, 15) is 9.59 Å². The minimum Gasteiger partial charge on any atom is -0.462 e. The molecular weight excluding hydrogens is 204 g/mol. The molecule has 0 aromatic carbocycles. The summed E-state index contributed by atoms with van der Waals surface area (Å²) < 4.78 is 5.53. The first-order valence-corrected chi connectivity index (χ1v) is 6.41. The summed E-state index contributed by atoms with van der Waals surface area (Å²) in [4.78, 5) is 23.4. The van der Waals surface area contributed by atoms with Crippen LogP contribution >= 0.6 is 0 Å². The SMILES string of the molecule is CC(=O)O[C@@H]1[C@@H]2[C@H]3C[C@H]4[C@@H]2C(=O)[C@@H]2[C@@H]4[C@H]3[C@@H]12. The topological polar surface area (TPSA) is 43.4 Å². The zero-order valence-corrected chi connectivity index (χ0v) is 9.13. The van der Waals surface area contributed by atoms with Crippen LogP contribution in [0.4, 0.5) is 0 Å². The van der Waals surface area contributed by atoms with E-state index in [-0.39, 0.29) is 23.9 Å². The maximum absolute atomic E-state index is 12.2. The second-order valence-corrected chi connectivity index (χ2v) is 6.40. The van der Waals surface area contributed by atoms with Crippen LogP contribution in [0.2, 0.25) is 0 Å². The largest absolute Gasteiger partial charge is 0.462 e. The minimum absolute atomic E-state index is 0.101. The van der Waals surface area contributed by atoms with Crippen LogP contribution in [-0.4, -0.2) is 17.9 Å². The van der Waals surface area contributed by atoms with Gasteiger partial charge in [0.2, 0.25) is 0 Å². The van der Waals surface area contributed by atoms with Crippen molar-refractivity contribution in [1.82, 2.24) is 0 Å². The molecule has 5 rings (SSSR count). The van der Waals surface area contributed by atoms with Gasteiger partial charge in [-0.3, -0.25) is 9.59 Å². The van der Waals surface area contributed by atoms with Gasteiger partial charge < -0.3 is 4.74 Å². The molecule has 5 aliphatic carbocycles. The van der Waals surface area contributed by atoms with Crippen molar-refractivity contribution in [3.63, 3.8) is 0 Å². The fraction of sp³-hybridized carbons (Fsp3) is 0.846. The summed E-state index contributed by atoms with van der Waals surface area (Å²) in [5.74, 6) is 4.59. The molecule has 0 amide bonds. The van der Waals surface area contributed by atoms with E-state index in [4.69, 9.17) is 4.74 Å². The molecule has 0 unspecified atom stereocenters. The number of fused-ring (bicyclic) bond motifs is 2.